The Morgan fingerprint density at radius 2 is 2.50 bits per heavy atom. The second-order valence-electron chi connectivity index (χ2n) is 3.37. The molecule has 0 fully saturated rings. The highest BCUT2D eigenvalue weighted by atomic mass is 32.1. The van der Waals surface area contributed by atoms with Crippen molar-refractivity contribution in [2.24, 2.45) is 0 Å². The zero-order chi connectivity index (χ0) is 13.0. The number of aromatic nitrogens is 4. The number of carbonyl (C=O) groups excluding carboxylic acids is 1. The van der Waals surface area contributed by atoms with Crippen LogP contribution in [0.25, 0.3) is 6.08 Å². The number of carbonyl (C=O) groups is 1. The van der Waals surface area contributed by atoms with Gasteiger partial charge in [0.05, 0.1) is 19.2 Å². The largest absolute Gasteiger partial charge is 0.466 e. The SMILES string of the molecule is COC(=O)/C(=C/c1cccs1)Cn1nnnc1N. The van der Waals surface area contributed by atoms with Crippen molar-refractivity contribution < 1.29 is 9.53 Å². The van der Waals surface area contributed by atoms with Crippen molar-refractivity contribution in [3.8, 4) is 0 Å². The molecule has 7 nitrogen and oxygen atoms in total. The molecule has 0 aliphatic rings. The fourth-order valence-electron chi connectivity index (χ4n) is 1.33. The third-order valence-electron chi connectivity index (χ3n) is 2.19. The van der Waals surface area contributed by atoms with Crippen molar-refractivity contribution in [2.45, 2.75) is 6.54 Å². The summed E-state index contributed by atoms with van der Waals surface area (Å²) in [7, 11) is 1.33. The molecule has 94 valence electrons. The van der Waals surface area contributed by atoms with E-state index in [1.807, 2.05) is 17.5 Å². The molecule has 0 aromatic carbocycles. The van der Waals surface area contributed by atoms with E-state index in [1.165, 1.54) is 23.1 Å². The van der Waals surface area contributed by atoms with Gasteiger partial charge < -0.3 is 10.5 Å². The van der Waals surface area contributed by atoms with Crippen LogP contribution in [-0.2, 0) is 16.1 Å². The van der Waals surface area contributed by atoms with E-state index < -0.39 is 5.97 Å². The summed E-state index contributed by atoms with van der Waals surface area (Å²) in [6.07, 6.45) is 1.73. The Labute approximate surface area is 107 Å². The van der Waals surface area contributed by atoms with Crippen LogP contribution in [-0.4, -0.2) is 33.3 Å². The number of hydrogen-bond donors (Lipinski definition) is 1. The lowest BCUT2D eigenvalue weighted by molar-refractivity contribution is -0.136. The number of anilines is 1. The van der Waals surface area contributed by atoms with E-state index in [0.717, 1.165) is 4.88 Å². The van der Waals surface area contributed by atoms with E-state index in [2.05, 4.69) is 15.5 Å². The van der Waals surface area contributed by atoms with Crippen LogP contribution in [0.4, 0.5) is 5.95 Å². The summed E-state index contributed by atoms with van der Waals surface area (Å²) in [5, 5.41) is 12.6. The Hall–Kier alpha value is -2.22. The topological polar surface area (TPSA) is 95.9 Å². The molecule has 2 heterocycles. The van der Waals surface area contributed by atoms with E-state index >= 15 is 0 Å². The molecular formula is C10H11N5O2S. The summed E-state index contributed by atoms with van der Waals surface area (Å²) in [4.78, 5) is 12.6. The fraction of sp³-hybridized carbons (Fsp3) is 0.200. The molecule has 18 heavy (non-hydrogen) atoms. The zero-order valence-corrected chi connectivity index (χ0v) is 10.4. The smallest absolute Gasteiger partial charge is 0.335 e. The van der Waals surface area contributed by atoms with Gasteiger partial charge in [-0.1, -0.05) is 11.2 Å². The van der Waals surface area contributed by atoms with Gasteiger partial charge in [-0.25, -0.2) is 9.48 Å². The van der Waals surface area contributed by atoms with Gasteiger partial charge in [0, 0.05) is 4.88 Å². The highest BCUT2D eigenvalue weighted by Gasteiger charge is 2.13. The Kier molecular flexibility index (Phi) is 3.68. The minimum Gasteiger partial charge on any atom is -0.466 e. The molecule has 0 unspecified atom stereocenters. The van der Waals surface area contributed by atoms with Gasteiger partial charge >= 0.3 is 5.97 Å². The quantitative estimate of drug-likeness (QED) is 0.641. The predicted molar refractivity (Wildman–Crippen MR) is 66.5 cm³/mol. The van der Waals surface area contributed by atoms with Crippen LogP contribution < -0.4 is 5.73 Å². The van der Waals surface area contributed by atoms with Crippen molar-refractivity contribution in [1.29, 1.82) is 0 Å². The predicted octanol–water partition coefficient (Wildman–Crippen LogP) is 0.573. The average molecular weight is 265 g/mol. The first-order valence-electron chi connectivity index (χ1n) is 5.04. The second-order valence-corrected chi connectivity index (χ2v) is 4.35. The number of methoxy groups -OCH3 is 1. The molecule has 8 heteroatoms. The molecule has 2 aromatic heterocycles. The van der Waals surface area contributed by atoms with Crippen LogP contribution in [0.1, 0.15) is 4.88 Å². The van der Waals surface area contributed by atoms with Crippen LogP contribution in [0, 0.1) is 0 Å². The molecule has 0 atom stereocenters. The summed E-state index contributed by atoms with van der Waals surface area (Å²) < 4.78 is 6.05. The van der Waals surface area contributed by atoms with E-state index in [9.17, 15) is 4.79 Å². The van der Waals surface area contributed by atoms with E-state index in [0.29, 0.717) is 5.57 Å². The number of esters is 1. The van der Waals surface area contributed by atoms with Gasteiger partial charge in [0.1, 0.15) is 0 Å². The Bertz CT molecular complexity index is 561. The van der Waals surface area contributed by atoms with Crippen LogP contribution in [0.15, 0.2) is 23.1 Å². The number of nitrogen functional groups attached to an aromatic ring is 1. The molecule has 0 aliphatic heterocycles. The summed E-state index contributed by atoms with van der Waals surface area (Å²) in [6.45, 7) is 0.170. The summed E-state index contributed by atoms with van der Waals surface area (Å²) in [5.74, 6) is -0.283. The van der Waals surface area contributed by atoms with Gasteiger partial charge in [-0.3, -0.25) is 0 Å². The molecule has 0 aliphatic carbocycles. The van der Waals surface area contributed by atoms with Gasteiger partial charge in [0.25, 0.3) is 0 Å². The van der Waals surface area contributed by atoms with Crippen LogP contribution in [0.2, 0.25) is 0 Å². The Balaban J connectivity index is 2.26. The van der Waals surface area contributed by atoms with Crippen LogP contribution in [0.3, 0.4) is 0 Å². The number of ether oxygens (including phenoxy) is 1. The minimum atomic E-state index is -0.432. The third kappa shape index (κ3) is 2.72. The first-order valence-corrected chi connectivity index (χ1v) is 5.92. The van der Waals surface area contributed by atoms with E-state index in [4.69, 9.17) is 10.5 Å². The number of thiophene rings is 1. The Morgan fingerprint density at radius 1 is 1.67 bits per heavy atom. The number of nitrogens with zero attached hydrogens (tertiary/aromatic N) is 4. The van der Waals surface area contributed by atoms with Crippen molar-refractivity contribution >= 4 is 29.3 Å². The summed E-state index contributed by atoms with van der Waals surface area (Å²) >= 11 is 1.52. The molecule has 0 saturated heterocycles. The lowest BCUT2D eigenvalue weighted by Crippen LogP contribution is -2.14. The molecular weight excluding hydrogens is 254 g/mol. The lowest BCUT2D eigenvalue weighted by Gasteiger charge is -2.05. The molecule has 0 amide bonds. The summed E-state index contributed by atoms with van der Waals surface area (Å²) in [5.41, 5.74) is 5.98. The van der Waals surface area contributed by atoms with Gasteiger partial charge in [-0.2, -0.15) is 0 Å². The molecule has 0 bridgehead atoms. The molecule has 2 N–H and O–H groups in total. The van der Waals surface area contributed by atoms with Crippen molar-refractivity contribution in [1.82, 2.24) is 20.2 Å². The first-order chi connectivity index (χ1) is 8.70. The zero-order valence-electron chi connectivity index (χ0n) is 9.61. The van der Waals surface area contributed by atoms with Crippen LogP contribution >= 0.6 is 11.3 Å². The van der Waals surface area contributed by atoms with Gasteiger partial charge in [-0.15, -0.1) is 11.3 Å². The normalized spacial score (nSPS) is 11.5. The second kappa shape index (κ2) is 5.41. The minimum absolute atomic E-state index is 0.149. The standard InChI is InChI=1S/C10H11N5O2S/c1-17-9(16)7(5-8-3-2-4-18-8)6-15-10(11)12-13-14-15/h2-5H,6H2,1H3,(H2,11,12,14)/b7-5+. The van der Waals surface area contributed by atoms with E-state index in [-0.39, 0.29) is 12.5 Å². The summed E-state index contributed by atoms with van der Waals surface area (Å²) in [6, 6.07) is 3.80. The maximum atomic E-state index is 11.7. The van der Waals surface area contributed by atoms with Gasteiger partial charge in [0.2, 0.25) is 5.95 Å². The molecule has 0 saturated carbocycles. The average Bonchev–Trinajstić information content (AvgIpc) is 3.00. The Morgan fingerprint density at radius 3 is 3.06 bits per heavy atom. The van der Waals surface area contributed by atoms with Gasteiger partial charge in [0.15, 0.2) is 0 Å². The maximum Gasteiger partial charge on any atom is 0.335 e. The number of nitrogens with two attached hydrogens (primary N) is 1. The lowest BCUT2D eigenvalue weighted by atomic mass is 10.2. The highest BCUT2D eigenvalue weighted by Crippen LogP contribution is 2.15. The molecule has 0 spiro atoms. The van der Waals surface area contributed by atoms with Gasteiger partial charge in [-0.05, 0) is 27.9 Å². The number of hydrogen-bond acceptors (Lipinski definition) is 7. The highest BCUT2D eigenvalue weighted by molar-refractivity contribution is 7.10. The van der Waals surface area contributed by atoms with Crippen LogP contribution in [0.5, 0.6) is 0 Å². The molecule has 2 aromatic rings. The monoisotopic (exact) mass is 265 g/mol. The van der Waals surface area contributed by atoms with E-state index in [1.54, 1.807) is 6.08 Å². The van der Waals surface area contributed by atoms with Crippen molar-refractivity contribution in [3.63, 3.8) is 0 Å². The number of rotatable bonds is 4. The van der Waals surface area contributed by atoms with Crippen molar-refractivity contribution in [3.05, 3.63) is 28.0 Å². The molecule has 2 rings (SSSR count). The maximum absolute atomic E-state index is 11.7. The van der Waals surface area contributed by atoms with Crippen molar-refractivity contribution in [2.75, 3.05) is 12.8 Å². The number of tetrazole rings is 1. The third-order valence-corrected chi connectivity index (χ3v) is 3.01. The molecule has 0 radical (unpaired) electrons. The fourth-order valence-corrected chi connectivity index (χ4v) is 2.01. The first kappa shape index (κ1) is 12.2.